The van der Waals surface area contributed by atoms with Gasteiger partial charge in [0, 0.05) is 17.2 Å². The molecule has 0 unspecified atom stereocenters. The number of rotatable bonds is 7. The zero-order valence-electron chi connectivity index (χ0n) is 14.9. The van der Waals surface area contributed by atoms with E-state index in [1.807, 2.05) is 12.1 Å². The molecular weight excluding hydrogens is 464 g/mol. The molecule has 28 heavy (non-hydrogen) atoms. The number of sulfone groups is 1. The first-order valence-electron chi connectivity index (χ1n) is 8.19. The van der Waals surface area contributed by atoms with E-state index in [9.17, 15) is 13.2 Å². The molecule has 0 saturated heterocycles. The minimum absolute atomic E-state index is 0.132. The number of carbonyl (C=O) groups is 1. The Morgan fingerprint density at radius 3 is 2.46 bits per heavy atom. The van der Waals surface area contributed by atoms with Crippen molar-refractivity contribution in [1.82, 2.24) is 14.8 Å². The summed E-state index contributed by atoms with van der Waals surface area (Å²) in [6, 6.07) is 15.5. The number of hydrogen-bond donors (Lipinski definition) is 1. The summed E-state index contributed by atoms with van der Waals surface area (Å²) in [5, 5.41) is 11.3. The first-order chi connectivity index (χ1) is 13.3. The number of nitrogens with zero attached hydrogens (tertiary/aromatic N) is 3. The first kappa shape index (κ1) is 20.6. The molecule has 3 rings (SSSR count). The molecule has 1 aromatic heterocycles. The molecule has 0 spiro atoms. The molecule has 10 heteroatoms. The third-order valence-electron chi connectivity index (χ3n) is 3.81. The monoisotopic (exact) mass is 480 g/mol. The second-order valence-corrected chi connectivity index (χ2v) is 9.72. The van der Waals surface area contributed by atoms with Gasteiger partial charge >= 0.3 is 0 Å². The largest absolute Gasteiger partial charge is 0.325 e. The van der Waals surface area contributed by atoms with Crippen LogP contribution in [0.2, 0.25) is 0 Å². The van der Waals surface area contributed by atoms with Crippen molar-refractivity contribution in [1.29, 1.82) is 0 Å². The van der Waals surface area contributed by atoms with Crippen molar-refractivity contribution in [3.63, 3.8) is 0 Å². The van der Waals surface area contributed by atoms with E-state index in [2.05, 4.69) is 31.4 Å². The fraction of sp³-hybridized carbons (Fsp3) is 0.167. The van der Waals surface area contributed by atoms with Crippen LogP contribution in [-0.4, -0.2) is 34.8 Å². The molecule has 3 aromatic rings. The molecule has 1 N–H and O–H groups in total. The third-order valence-corrected chi connectivity index (χ3v) is 6.98. The maximum Gasteiger partial charge on any atom is 0.234 e. The zero-order valence-corrected chi connectivity index (χ0v) is 18.1. The summed E-state index contributed by atoms with van der Waals surface area (Å²) in [7, 11) is -1.83. The number of anilines is 1. The highest BCUT2D eigenvalue weighted by Gasteiger charge is 2.20. The van der Waals surface area contributed by atoms with Gasteiger partial charge in [-0.15, -0.1) is 10.2 Å². The van der Waals surface area contributed by atoms with Gasteiger partial charge in [0.2, 0.25) is 5.91 Å². The topological polar surface area (TPSA) is 93.9 Å². The number of carbonyl (C=O) groups excluding carboxylic acids is 1. The Labute approximate surface area is 175 Å². The van der Waals surface area contributed by atoms with Crippen molar-refractivity contribution in [3.8, 4) is 0 Å². The number of halogens is 1. The van der Waals surface area contributed by atoms with Crippen LogP contribution >= 0.6 is 27.7 Å². The Balaban J connectivity index is 1.61. The van der Waals surface area contributed by atoms with Gasteiger partial charge in [-0.1, -0.05) is 45.9 Å². The SMILES string of the molecule is Cn1c(CS(=O)(=O)c2ccccc2)nnc1SCC(=O)Nc1ccc(Br)cc1. The molecule has 7 nitrogen and oxygen atoms in total. The van der Waals surface area contributed by atoms with Crippen molar-refractivity contribution in [3.05, 3.63) is 64.9 Å². The van der Waals surface area contributed by atoms with Crippen LogP contribution in [-0.2, 0) is 27.4 Å². The van der Waals surface area contributed by atoms with Crippen LogP contribution in [0.3, 0.4) is 0 Å². The highest BCUT2D eigenvalue weighted by Crippen LogP contribution is 2.20. The normalized spacial score (nSPS) is 11.4. The molecule has 0 aliphatic carbocycles. The van der Waals surface area contributed by atoms with E-state index in [4.69, 9.17) is 0 Å². The van der Waals surface area contributed by atoms with Gasteiger partial charge in [-0.3, -0.25) is 4.79 Å². The lowest BCUT2D eigenvalue weighted by Gasteiger charge is -2.06. The lowest BCUT2D eigenvalue weighted by Crippen LogP contribution is -2.14. The number of hydrogen-bond acceptors (Lipinski definition) is 6. The van der Waals surface area contributed by atoms with Crippen molar-refractivity contribution in [2.75, 3.05) is 11.1 Å². The molecule has 0 atom stereocenters. The van der Waals surface area contributed by atoms with Crippen LogP contribution in [0, 0.1) is 0 Å². The lowest BCUT2D eigenvalue weighted by atomic mass is 10.3. The average molecular weight is 481 g/mol. The van der Waals surface area contributed by atoms with Crippen LogP contribution in [0.4, 0.5) is 5.69 Å². The summed E-state index contributed by atoms with van der Waals surface area (Å²) < 4.78 is 27.5. The molecule has 0 fully saturated rings. The first-order valence-corrected chi connectivity index (χ1v) is 11.6. The van der Waals surface area contributed by atoms with Crippen molar-refractivity contribution in [2.24, 2.45) is 7.05 Å². The zero-order chi connectivity index (χ0) is 20.1. The fourth-order valence-corrected chi connectivity index (χ4v) is 4.66. The van der Waals surface area contributed by atoms with Crippen molar-refractivity contribution >= 4 is 49.1 Å². The van der Waals surface area contributed by atoms with Gasteiger partial charge in [0.1, 0.15) is 11.6 Å². The quantitative estimate of drug-likeness (QED) is 0.521. The second kappa shape index (κ2) is 8.89. The van der Waals surface area contributed by atoms with Gasteiger partial charge in [0.15, 0.2) is 15.0 Å². The predicted molar refractivity (Wildman–Crippen MR) is 112 cm³/mol. The van der Waals surface area contributed by atoms with Gasteiger partial charge in [-0.25, -0.2) is 8.42 Å². The molecule has 0 radical (unpaired) electrons. The molecule has 0 bridgehead atoms. The van der Waals surface area contributed by atoms with Crippen LogP contribution < -0.4 is 5.32 Å². The Morgan fingerprint density at radius 1 is 1.11 bits per heavy atom. The Bertz CT molecular complexity index is 1070. The molecule has 1 heterocycles. The van der Waals surface area contributed by atoms with Crippen molar-refractivity contribution in [2.45, 2.75) is 15.8 Å². The maximum atomic E-state index is 12.5. The molecule has 0 aliphatic rings. The molecule has 2 aromatic carbocycles. The van der Waals surface area contributed by atoms with Crippen LogP contribution in [0.1, 0.15) is 5.82 Å². The van der Waals surface area contributed by atoms with E-state index in [-0.39, 0.29) is 22.3 Å². The third kappa shape index (κ3) is 5.21. The van der Waals surface area contributed by atoms with Gasteiger partial charge in [0.05, 0.1) is 10.6 Å². The smallest absolute Gasteiger partial charge is 0.234 e. The second-order valence-electron chi connectivity index (χ2n) is 5.87. The van der Waals surface area contributed by atoms with Crippen LogP contribution in [0.15, 0.2) is 69.1 Å². The van der Waals surface area contributed by atoms with Crippen LogP contribution in [0.25, 0.3) is 0 Å². The highest BCUT2D eigenvalue weighted by atomic mass is 79.9. The van der Waals surface area contributed by atoms with E-state index >= 15 is 0 Å². The minimum Gasteiger partial charge on any atom is -0.325 e. The number of benzene rings is 2. The number of aromatic nitrogens is 3. The van der Waals surface area contributed by atoms with Gasteiger partial charge < -0.3 is 9.88 Å². The number of thioether (sulfide) groups is 1. The van der Waals surface area contributed by atoms with Crippen LogP contribution in [0.5, 0.6) is 0 Å². The summed E-state index contributed by atoms with van der Waals surface area (Å²) >= 11 is 4.53. The fourth-order valence-electron chi connectivity index (χ4n) is 2.34. The van der Waals surface area contributed by atoms with E-state index < -0.39 is 9.84 Å². The highest BCUT2D eigenvalue weighted by molar-refractivity contribution is 9.10. The minimum atomic E-state index is -3.51. The molecule has 146 valence electrons. The molecular formula is C18H17BrN4O3S2. The molecule has 1 amide bonds. The van der Waals surface area contributed by atoms with E-state index in [1.54, 1.807) is 54.1 Å². The summed E-state index contributed by atoms with van der Waals surface area (Å²) in [5.41, 5.74) is 0.696. The summed E-state index contributed by atoms with van der Waals surface area (Å²) in [6.45, 7) is 0. The van der Waals surface area contributed by atoms with Gasteiger partial charge in [-0.2, -0.15) is 0 Å². The lowest BCUT2D eigenvalue weighted by molar-refractivity contribution is -0.113. The Kier molecular flexibility index (Phi) is 6.53. The van der Waals surface area contributed by atoms with Gasteiger partial charge in [-0.05, 0) is 36.4 Å². The Hall–Kier alpha value is -2.17. The number of amides is 1. The van der Waals surface area contributed by atoms with Gasteiger partial charge in [0.25, 0.3) is 0 Å². The maximum absolute atomic E-state index is 12.5. The Morgan fingerprint density at radius 2 is 1.79 bits per heavy atom. The van der Waals surface area contributed by atoms with E-state index in [0.717, 1.165) is 4.47 Å². The predicted octanol–water partition coefficient (Wildman–Crippen LogP) is 3.28. The standard InChI is InChI=1S/C18H17BrN4O3S2/c1-23-16(12-28(25,26)15-5-3-2-4-6-15)21-22-18(23)27-11-17(24)20-14-9-7-13(19)8-10-14/h2-10H,11-12H2,1H3,(H,20,24). The van der Waals surface area contributed by atoms with E-state index in [0.29, 0.717) is 16.7 Å². The summed E-state index contributed by atoms with van der Waals surface area (Å²) in [6.07, 6.45) is 0. The van der Waals surface area contributed by atoms with Crippen molar-refractivity contribution < 1.29 is 13.2 Å². The summed E-state index contributed by atoms with van der Waals surface area (Å²) in [4.78, 5) is 12.3. The number of nitrogens with one attached hydrogen (secondary N) is 1. The molecule has 0 saturated carbocycles. The summed E-state index contributed by atoms with van der Waals surface area (Å²) in [5.74, 6) is 0.00746. The van der Waals surface area contributed by atoms with E-state index in [1.165, 1.54) is 11.8 Å². The molecule has 0 aliphatic heterocycles. The average Bonchev–Trinajstić information content (AvgIpc) is 3.02.